The fraction of sp³-hybridized carbons (Fsp3) is 0.467. The van der Waals surface area contributed by atoms with Crippen molar-refractivity contribution in [3.63, 3.8) is 0 Å². The van der Waals surface area contributed by atoms with Crippen LogP contribution in [0.1, 0.15) is 0 Å². The average Bonchev–Trinajstić information content (AvgIpc) is 3.25. The van der Waals surface area contributed by atoms with Gasteiger partial charge in [-0.15, -0.1) is 11.8 Å². The summed E-state index contributed by atoms with van der Waals surface area (Å²) in [5, 5.41) is -1.83. The number of rotatable bonds is 5. The van der Waals surface area contributed by atoms with E-state index >= 15 is 0 Å². The predicted molar refractivity (Wildman–Crippen MR) is 93.5 cm³/mol. The zero-order valence-corrected chi connectivity index (χ0v) is 17.8. The molecule has 3 fully saturated rings. The molecule has 1 aromatic carbocycles. The molecule has 3 aliphatic heterocycles. The standard InChI is InChI=1S/C15H10F4O10S3/c1-31(22,23)29-10-9-11-2(15(21)28-9)3(12(10)30-11)14(20)27-8-4(16)6(18)13(32(24,25)26)7(19)5(8)17/h2-3,9-12H,1H3,(H,24,25,26). The first-order valence-electron chi connectivity index (χ1n) is 8.42. The summed E-state index contributed by atoms with van der Waals surface area (Å²) in [6.45, 7) is 0. The summed E-state index contributed by atoms with van der Waals surface area (Å²) in [5.41, 5.74) is 0. The Labute approximate surface area is 181 Å². The highest BCUT2D eigenvalue weighted by Crippen LogP contribution is 2.59. The minimum Gasteiger partial charge on any atom is -0.458 e. The second kappa shape index (κ2) is 7.28. The Morgan fingerprint density at radius 1 is 1.03 bits per heavy atom. The number of hydrogen-bond acceptors (Lipinski definition) is 10. The van der Waals surface area contributed by atoms with Crippen molar-refractivity contribution in [2.45, 2.75) is 27.6 Å². The van der Waals surface area contributed by atoms with E-state index in [1.807, 2.05) is 0 Å². The molecule has 1 aromatic rings. The van der Waals surface area contributed by atoms with Gasteiger partial charge in [-0.3, -0.25) is 18.3 Å². The van der Waals surface area contributed by atoms with Crippen LogP contribution in [0.2, 0.25) is 0 Å². The molecule has 0 aromatic heterocycles. The van der Waals surface area contributed by atoms with Crippen LogP contribution in [0.4, 0.5) is 17.6 Å². The van der Waals surface area contributed by atoms with Crippen molar-refractivity contribution in [1.29, 1.82) is 0 Å². The fourth-order valence-corrected chi connectivity index (χ4v) is 7.32. The predicted octanol–water partition coefficient (Wildman–Crippen LogP) is 0.395. The molecule has 3 aliphatic rings. The molecule has 32 heavy (non-hydrogen) atoms. The molecule has 4 rings (SSSR count). The van der Waals surface area contributed by atoms with E-state index in [1.165, 1.54) is 0 Å². The number of carbonyl (C=O) groups excluding carboxylic acids is 2. The maximum Gasteiger partial charge on any atom is 0.316 e. The van der Waals surface area contributed by atoms with Gasteiger partial charge in [0.25, 0.3) is 10.1 Å². The summed E-state index contributed by atoms with van der Waals surface area (Å²) < 4.78 is 125. The van der Waals surface area contributed by atoms with Crippen molar-refractivity contribution in [2.24, 2.45) is 11.8 Å². The Morgan fingerprint density at radius 3 is 2.09 bits per heavy atom. The lowest BCUT2D eigenvalue weighted by molar-refractivity contribution is -0.149. The maximum atomic E-state index is 14.2. The summed E-state index contributed by atoms with van der Waals surface area (Å²) in [6.07, 6.45) is -1.64. The molecule has 1 N–H and O–H groups in total. The highest BCUT2D eigenvalue weighted by Gasteiger charge is 2.71. The van der Waals surface area contributed by atoms with Crippen molar-refractivity contribution in [1.82, 2.24) is 0 Å². The zero-order valence-electron chi connectivity index (χ0n) is 15.3. The largest absolute Gasteiger partial charge is 0.458 e. The Morgan fingerprint density at radius 2 is 1.59 bits per heavy atom. The van der Waals surface area contributed by atoms with Gasteiger partial charge in [-0.05, 0) is 0 Å². The summed E-state index contributed by atoms with van der Waals surface area (Å²) in [7, 11) is -9.80. The van der Waals surface area contributed by atoms with E-state index in [9.17, 15) is 44.0 Å². The van der Waals surface area contributed by atoms with Crippen LogP contribution in [0.25, 0.3) is 0 Å². The summed E-state index contributed by atoms with van der Waals surface area (Å²) >= 11 is 0.946. The molecule has 6 atom stereocenters. The van der Waals surface area contributed by atoms with E-state index < -0.39 is 101 Å². The number of ether oxygens (including phenoxy) is 2. The van der Waals surface area contributed by atoms with Crippen LogP contribution in [0.3, 0.4) is 0 Å². The second-order valence-corrected chi connectivity index (χ2v) is 11.4. The Balaban J connectivity index is 1.70. The van der Waals surface area contributed by atoms with Crippen LogP contribution in [0.5, 0.6) is 5.75 Å². The lowest BCUT2D eigenvalue weighted by Crippen LogP contribution is -2.48. The van der Waals surface area contributed by atoms with E-state index in [4.69, 9.17) is 13.5 Å². The van der Waals surface area contributed by atoms with Crippen molar-refractivity contribution < 1.29 is 62.2 Å². The summed E-state index contributed by atoms with van der Waals surface area (Å²) in [6, 6.07) is 0. The van der Waals surface area contributed by atoms with Gasteiger partial charge in [0.15, 0.2) is 16.5 Å². The summed E-state index contributed by atoms with van der Waals surface area (Å²) in [4.78, 5) is 22.5. The normalized spacial score (nSPS) is 31.1. The molecule has 0 aliphatic carbocycles. The third-order valence-electron chi connectivity index (χ3n) is 5.11. The fourth-order valence-electron chi connectivity index (χ4n) is 3.99. The van der Waals surface area contributed by atoms with Crippen LogP contribution in [0, 0.1) is 35.1 Å². The van der Waals surface area contributed by atoms with Gasteiger partial charge in [0.1, 0.15) is 12.2 Å². The zero-order chi connectivity index (χ0) is 23.9. The monoisotopic (exact) mass is 522 g/mol. The third-order valence-corrected chi connectivity index (χ3v) is 8.30. The molecule has 0 radical (unpaired) electrons. The Kier molecular flexibility index (Phi) is 5.28. The highest BCUT2D eigenvalue weighted by molar-refractivity contribution is 8.01. The lowest BCUT2D eigenvalue weighted by atomic mass is 9.78. The highest BCUT2D eigenvalue weighted by atomic mass is 32.2. The van der Waals surface area contributed by atoms with Gasteiger partial charge in [-0.1, -0.05) is 0 Å². The smallest absolute Gasteiger partial charge is 0.316 e. The number of carbonyl (C=O) groups is 2. The molecule has 17 heteroatoms. The third kappa shape index (κ3) is 3.46. The molecular weight excluding hydrogens is 512 g/mol. The number of thioether (sulfide) groups is 1. The molecular formula is C15H10F4O10S3. The molecule has 3 heterocycles. The number of esters is 2. The van der Waals surface area contributed by atoms with E-state index in [2.05, 4.69) is 4.74 Å². The SMILES string of the molecule is CS(=O)(=O)OC1C2OC(=O)C3C2SC1C3C(=O)Oc1c(F)c(F)c(S(=O)(=O)O)c(F)c1F. The number of fused-ring (bicyclic) bond motifs is 1. The Bertz CT molecular complexity index is 1240. The first-order valence-corrected chi connectivity index (χ1v) is 12.6. The van der Waals surface area contributed by atoms with Gasteiger partial charge < -0.3 is 9.47 Å². The van der Waals surface area contributed by atoms with Crippen LogP contribution in [0.15, 0.2) is 4.90 Å². The summed E-state index contributed by atoms with van der Waals surface area (Å²) in [5.74, 6) is -17.2. The molecule has 0 spiro atoms. The molecule has 10 nitrogen and oxygen atoms in total. The first-order chi connectivity index (χ1) is 14.6. The Hall–Kier alpha value is -1.95. The molecule has 0 amide bonds. The molecule has 176 valence electrons. The first kappa shape index (κ1) is 23.2. The van der Waals surface area contributed by atoms with E-state index in [0.29, 0.717) is 6.26 Å². The number of hydrogen-bond donors (Lipinski definition) is 1. The van der Waals surface area contributed by atoms with Crippen LogP contribution < -0.4 is 4.74 Å². The van der Waals surface area contributed by atoms with Crippen molar-refractivity contribution >= 4 is 43.9 Å². The molecule has 0 saturated carbocycles. The van der Waals surface area contributed by atoms with Crippen molar-refractivity contribution in [3.05, 3.63) is 23.3 Å². The number of benzene rings is 1. The minimum atomic E-state index is -5.72. The second-order valence-electron chi connectivity index (χ2n) is 7.09. The molecule has 2 bridgehead atoms. The number of halogens is 4. The van der Waals surface area contributed by atoms with E-state index in [-0.39, 0.29) is 0 Å². The van der Waals surface area contributed by atoms with E-state index in [1.54, 1.807) is 0 Å². The average molecular weight is 522 g/mol. The maximum absolute atomic E-state index is 14.2. The molecule has 3 saturated heterocycles. The lowest BCUT2D eigenvalue weighted by Gasteiger charge is -2.28. The van der Waals surface area contributed by atoms with Crippen LogP contribution in [-0.2, 0) is 38.7 Å². The van der Waals surface area contributed by atoms with Gasteiger partial charge >= 0.3 is 22.1 Å². The van der Waals surface area contributed by atoms with Crippen LogP contribution in [-0.4, -0.2) is 62.3 Å². The molecule has 6 unspecified atom stereocenters. The minimum absolute atomic E-state index is 0.707. The van der Waals surface area contributed by atoms with Crippen molar-refractivity contribution in [2.75, 3.05) is 6.26 Å². The quantitative estimate of drug-likeness (QED) is 0.143. The van der Waals surface area contributed by atoms with Gasteiger partial charge in [-0.25, -0.2) is 8.78 Å². The van der Waals surface area contributed by atoms with Crippen molar-refractivity contribution in [3.8, 4) is 5.75 Å². The van der Waals surface area contributed by atoms with E-state index in [0.717, 1.165) is 11.8 Å². The topological polar surface area (TPSA) is 150 Å². The van der Waals surface area contributed by atoms with Gasteiger partial charge in [0, 0.05) is 0 Å². The van der Waals surface area contributed by atoms with Gasteiger partial charge in [0.05, 0.1) is 28.6 Å². The van der Waals surface area contributed by atoms with Gasteiger partial charge in [-0.2, -0.15) is 25.6 Å². The van der Waals surface area contributed by atoms with Gasteiger partial charge in [0.2, 0.25) is 17.4 Å². The van der Waals surface area contributed by atoms with Crippen LogP contribution >= 0.6 is 11.8 Å².